The zero-order chi connectivity index (χ0) is 30.2. The van der Waals surface area contributed by atoms with E-state index in [-0.39, 0.29) is 17.6 Å². The largest absolute Gasteiger partial charge is 0.491 e. The fourth-order valence-corrected chi connectivity index (χ4v) is 6.57. The van der Waals surface area contributed by atoms with Crippen LogP contribution in [0.3, 0.4) is 0 Å². The average Bonchev–Trinajstić information content (AvgIpc) is 2.98. The van der Waals surface area contributed by atoms with Crippen molar-refractivity contribution in [1.82, 2.24) is 0 Å². The second-order valence-corrected chi connectivity index (χ2v) is 13.0. The molecule has 5 atom stereocenters. The van der Waals surface area contributed by atoms with Gasteiger partial charge in [-0.15, -0.1) is 0 Å². The number of anilines is 1. The standard InChI is InChI=1S/C33H43N3O5S/c1-22-11-12-28-20-36-19-24(3)23(2)8-7-10-30(41-32(37)18-34)25(4)21-42(39)35-33(38)27-13-14-31(29(36)17-27)40-15-6-5-9-26(28)16-22/h7,10-14,16-18,23-25,30,34,42H,5-6,8-9,15,19-21H2,1-4H3/b10-7+,34-18?/t23-,24-,25+,30-/m0/s1. The number of carbonyl (C=O) groups is 2. The Labute approximate surface area is 251 Å². The highest BCUT2D eigenvalue weighted by molar-refractivity contribution is 7.75. The number of rotatable bonds is 2. The number of nitrogens with one attached hydrogen (secondary N) is 1. The lowest BCUT2D eigenvalue weighted by Gasteiger charge is -2.32. The topological polar surface area (TPSA) is 109 Å². The van der Waals surface area contributed by atoms with E-state index in [2.05, 4.69) is 48.2 Å². The Bertz CT molecular complexity index is 1410. The molecule has 0 aromatic heterocycles. The van der Waals surface area contributed by atoms with Crippen molar-refractivity contribution in [2.45, 2.75) is 66.0 Å². The molecule has 2 heterocycles. The molecule has 1 amide bonds. The molecule has 1 unspecified atom stereocenters. The van der Waals surface area contributed by atoms with E-state index >= 15 is 0 Å². The minimum absolute atomic E-state index is 0.0731. The number of benzene rings is 2. The molecule has 2 bridgehead atoms. The maximum Gasteiger partial charge on any atom is 0.349 e. The summed E-state index contributed by atoms with van der Waals surface area (Å²) >= 11 is 0. The molecular weight excluding hydrogens is 550 g/mol. The molecule has 42 heavy (non-hydrogen) atoms. The van der Waals surface area contributed by atoms with Gasteiger partial charge < -0.3 is 19.8 Å². The van der Waals surface area contributed by atoms with Crippen LogP contribution in [0, 0.1) is 30.1 Å². The molecule has 0 aliphatic carbocycles. The van der Waals surface area contributed by atoms with Gasteiger partial charge in [0, 0.05) is 40.9 Å². The van der Waals surface area contributed by atoms with Crippen molar-refractivity contribution in [2.75, 3.05) is 23.8 Å². The maximum atomic E-state index is 13.3. The van der Waals surface area contributed by atoms with Crippen molar-refractivity contribution in [1.29, 1.82) is 5.41 Å². The molecule has 0 fully saturated rings. The van der Waals surface area contributed by atoms with Crippen molar-refractivity contribution < 1.29 is 23.3 Å². The Morgan fingerprint density at radius 3 is 2.69 bits per heavy atom. The predicted molar refractivity (Wildman–Crippen MR) is 168 cm³/mol. The minimum Gasteiger partial charge on any atom is -0.491 e. The van der Waals surface area contributed by atoms with Gasteiger partial charge in [0.25, 0.3) is 5.91 Å². The highest BCUT2D eigenvalue weighted by Crippen LogP contribution is 2.35. The quantitative estimate of drug-likeness (QED) is 0.193. The summed E-state index contributed by atoms with van der Waals surface area (Å²) in [6.45, 7) is 10.3. The lowest BCUT2D eigenvalue weighted by molar-refractivity contribution is -0.139. The van der Waals surface area contributed by atoms with Crippen LogP contribution in [0.15, 0.2) is 52.9 Å². The van der Waals surface area contributed by atoms with E-state index in [0.717, 1.165) is 43.7 Å². The third-order valence-corrected chi connectivity index (χ3v) is 9.55. The monoisotopic (exact) mass is 593 g/mol. The van der Waals surface area contributed by atoms with Crippen LogP contribution < -0.4 is 9.64 Å². The number of ether oxygens (including phenoxy) is 2. The van der Waals surface area contributed by atoms with Crippen LogP contribution in [0.5, 0.6) is 5.75 Å². The minimum atomic E-state index is -2.25. The molecule has 2 aromatic rings. The molecule has 2 aromatic carbocycles. The lowest BCUT2D eigenvalue weighted by Crippen LogP contribution is -2.31. The molecular formula is C33H43N3O5S. The van der Waals surface area contributed by atoms with Gasteiger partial charge in [-0.3, -0.25) is 9.00 Å². The van der Waals surface area contributed by atoms with Crippen molar-refractivity contribution in [3.8, 4) is 5.75 Å². The molecule has 226 valence electrons. The number of amides is 1. The summed E-state index contributed by atoms with van der Waals surface area (Å²) in [5.74, 6) is -0.297. The van der Waals surface area contributed by atoms with Crippen LogP contribution in [0.2, 0.25) is 0 Å². The molecule has 0 saturated heterocycles. The van der Waals surface area contributed by atoms with E-state index in [9.17, 15) is 13.8 Å². The second-order valence-electron chi connectivity index (χ2n) is 11.7. The summed E-state index contributed by atoms with van der Waals surface area (Å²) < 4.78 is 28.7. The van der Waals surface area contributed by atoms with Crippen LogP contribution in [0.25, 0.3) is 0 Å². The fourth-order valence-electron chi connectivity index (χ4n) is 5.47. The summed E-state index contributed by atoms with van der Waals surface area (Å²) in [7, 11) is -2.25. The number of esters is 1. The number of thiol groups is 1. The average molecular weight is 594 g/mol. The summed E-state index contributed by atoms with van der Waals surface area (Å²) in [6, 6.07) is 12.0. The van der Waals surface area contributed by atoms with E-state index in [1.165, 1.54) is 16.7 Å². The Morgan fingerprint density at radius 2 is 1.90 bits per heavy atom. The molecule has 0 radical (unpaired) electrons. The predicted octanol–water partition coefficient (Wildman–Crippen LogP) is 5.95. The van der Waals surface area contributed by atoms with Gasteiger partial charge >= 0.3 is 5.97 Å². The summed E-state index contributed by atoms with van der Waals surface area (Å²) in [5.41, 5.74) is 5.04. The number of allylic oxidation sites excluding steroid dienone is 1. The smallest absolute Gasteiger partial charge is 0.349 e. The SMILES string of the molecule is Cc1ccc2c(c1)CCCCOc1ccc3cc1N(C2)C[C@H](C)[C@@H](C)C/C=C/[C@H](OC(=O)C=N)[C@H](C)C/[SH](=O)=N\C3=O. The first kappa shape index (κ1) is 31.5. The lowest BCUT2D eigenvalue weighted by atomic mass is 9.91. The molecule has 8 nitrogen and oxygen atoms in total. The summed E-state index contributed by atoms with van der Waals surface area (Å²) in [6.07, 6.45) is 7.46. The van der Waals surface area contributed by atoms with E-state index in [0.29, 0.717) is 30.8 Å². The van der Waals surface area contributed by atoms with Gasteiger partial charge in [-0.2, -0.15) is 4.36 Å². The molecule has 2 aliphatic heterocycles. The van der Waals surface area contributed by atoms with Gasteiger partial charge in [-0.05, 0) is 79.8 Å². The van der Waals surface area contributed by atoms with Gasteiger partial charge in [0.05, 0.1) is 12.3 Å². The van der Waals surface area contributed by atoms with Gasteiger partial charge in [0.1, 0.15) is 18.1 Å². The Kier molecular flexibility index (Phi) is 11.0. The van der Waals surface area contributed by atoms with Crippen LogP contribution >= 0.6 is 0 Å². The number of nitrogens with zero attached hydrogens (tertiary/aromatic N) is 2. The van der Waals surface area contributed by atoms with Crippen LogP contribution in [0.1, 0.15) is 67.1 Å². The van der Waals surface area contributed by atoms with E-state index in [1.807, 2.05) is 31.2 Å². The van der Waals surface area contributed by atoms with Crippen molar-refractivity contribution >= 4 is 34.4 Å². The molecule has 9 heteroatoms. The molecule has 2 aliphatic rings. The second kappa shape index (κ2) is 14.6. The zero-order valence-electron chi connectivity index (χ0n) is 25.0. The highest BCUT2D eigenvalue weighted by Gasteiger charge is 2.24. The number of hydrogen-bond acceptors (Lipinski definition) is 7. The molecule has 0 saturated carbocycles. The zero-order valence-corrected chi connectivity index (χ0v) is 25.9. The normalized spacial score (nSPS) is 26.8. The summed E-state index contributed by atoms with van der Waals surface area (Å²) in [5, 5.41) is 7.23. The number of carbonyl (C=O) groups excluding carboxylic acids is 2. The van der Waals surface area contributed by atoms with E-state index in [1.54, 1.807) is 6.07 Å². The fraction of sp³-hybridized carbons (Fsp3) is 0.485. The van der Waals surface area contributed by atoms with Crippen molar-refractivity contribution in [3.05, 3.63) is 70.8 Å². The van der Waals surface area contributed by atoms with Gasteiger partial charge in [0.15, 0.2) is 0 Å². The number of aryl methyl sites for hydroxylation is 2. The third kappa shape index (κ3) is 8.31. The number of hydrogen-bond donors (Lipinski definition) is 2. The van der Waals surface area contributed by atoms with Crippen LogP contribution in [-0.2, 0) is 33.1 Å². The van der Waals surface area contributed by atoms with E-state index < -0.39 is 28.6 Å². The van der Waals surface area contributed by atoms with Crippen LogP contribution in [-0.4, -0.2) is 47.3 Å². The Balaban J connectivity index is 1.79. The molecule has 1 N–H and O–H groups in total. The van der Waals surface area contributed by atoms with E-state index in [4.69, 9.17) is 14.9 Å². The first-order valence-corrected chi connectivity index (χ1v) is 16.2. The van der Waals surface area contributed by atoms with Crippen molar-refractivity contribution in [3.63, 3.8) is 0 Å². The first-order valence-electron chi connectivity index (χ1n) is 14.8. The summed E-state index contributed by atoms with van der Waals surface area (Å²) in [4.78, 5) is 27.5. The molecule has 4 rings (SSSR count). The Morgan fingerprint density at radius 1 is 1.10 bits per heavy atom. The first-order chi connectivity index (χ1) is 20.1. The third-order valence-electron chi connectivity index (χ3n) is 8.26. The Hall–Kier alpha value is -3.46. The van der Waals surface area contributed by atoms with Crippen LogP contribution in [0.4, 0.5) is 5.69 Å². The maximum absolute atomic E-state index is 13.3. The van der Waals surface area contributed by atoms with Crippen molar-refractivity contribution in [2.24, 2.45) is 22.1 Å². The highest BCUT2D eigenvalue weighted by atomic mass is 32.2. The van der Waals surface area contributed by atoms with Gasteiger partial charge in [0.2, 0.25) is 0 Å². The molecule has 0 spiro atoms. The van der Waals surface area contributed by atoms with Gasteiger partial charge in [-0.25, -0.2) is 4.79 Å². The van der Waals surface area contributed by atoms with Gasteiger partial charge in [-0.1, -0.05) is 50.6 Å². The number of fused-ring (bicyclic) bond motifs is 2.